The Labute approximate surface area is 179 Å². The van der Waals surface area contributed by atoms with Gasteiger partial charge in [-0.1, -0.05) is 27.2 Å². The zero-order valence-corrected chi connectivity index (χ0v) is 19.2. The molecule has 1 saturated carbocycles. The number of hydrogen-bond donors (Lipinski definition) is 2. The number of esters is 1. The van der Waals surface area contributed by atoms with Gasteiger partial charge in [0.2, 0.25) is 5.91 Å². The lowest BCUT2D eigenvalue weighted by atomic mass is 9.78. The molecule has 172 valence electrons. The topological polar surface area (TPSA) is 105 Å². The van der Waals surface area contributed by atoms with Crippen LogP contribution in [0.4, 0.5) is 4.79 Å². The van der Waals surface area contributed by atoms with Gasteiger partial charge in [-0.15, -0.1) is 0 Å². The van der Waals surface area contributed by atoms with Crippen LogP contribution < -0.4 is 5.32 Å². The molecule has 2 aliphatic rings. The molecule has 0 spiro atoms. The van der Waals surface area contributed by atoms with E-state index in [4.69, 9.17) is 9.47 Å². The Morgan fingerprint density at radius 1 is 1.17 bits per heavy atom. The van der Waals surface area contributed by atoms with Crippen LogP contribution in [0.25, 0.3) is 0 Å². The minimum Gasteiger partial charge on any atom is -0.464 e. The fraction of sp³-hybridized carbons (Fsp3) is 0.864. The normalized spacial score (nSPS) is 23.1. The summed E-state index contributed by atoms with van der Waals surface area (Å²) in [7, 11) is 0. The van der Waals surface area contributed by atoms with Crippen LogP contribution in [0.15, 0.2) is 0 Å². The molecule has 2 rings (SSSR count). The number of carbonyl (C=O) groups is 3. The Morgan fingerprint density at radius 2 is 1.80 bits per heavy atom. The van der Waals surface area contributed by atoms with Crippen molar-refractivity contribution >= 4 is 18.0 Å². The first-order valence-corrected chi connectivity index (χ1v) is 11.0. The van der Waals surface area contributed by atoms with Crippen LogP contribution in [-0.4, -0.2) is 64.9 Å². The molecule has 1 aliphatic heterocycles. The average Bonchev–Trinajstić information content (AvgIpc) is 3.40. The van der Waals surface area contributed by atoms with Gasteiger partial charge >= 0.3 is 12.1 Å². The number of aliphatic hydroxyl groups is 1. The Hall–Kier alpha value is -1.83. The maximum absolute atomic E-state index is 13.6. The van der Waals surface area contributed by atoms with Gasteiger partial charge in [-0.05, 0) is 51.4 Å². The van der Waals surface area contributed by atoms with Crippen LogP contribution in [-0.2, 0) is 19.1 Å². The summed E-state index contributed by atoms with van der Waals surface area (Å²) in [5.74, 6) is -0.593. The highest BCUT2D eigenvalue weighted by Crippen LogP contribution is 2.48. The molecular weight excluding hydrogens is 388 g/mol. The molecule has 0 bridgehead atoms. The lowest BCUT2D eigenvalue weighted by Crippen LogP contribution is -2.58. The third-order valence-electron chi connectivity index (χ3n) is 5.86. The molecule has 1 saturated heterocycles. The number of alkyl carbamates (subject to hydrolysis) is 1. The minimum atomic E-state index is -0.865. The predicted molar refractivity (Wildman–Crippen MR) is 112 cm³/mol. The van der Waals surface area contributed by atoms with E-state index < -0.39 is 41.3 Å². The monoisotopic (exact) mass is 426 g/mol. The molecule has 8 heteroatoms. The first-order chi connectivity index (χ1) is 13.9. The summed E-state index contributed by atoms with van der Waals surface area (Å²) in [6.45, 7) is 11.5. The third kappa shape index (κ3) is 6.33. The van der Waals surface area contributed by atoms with E-state index >= 15 is 0 Å². The van der Waals surface area contributed by atoms with E-state index in [1.807, 2.05) is 20.8 Å². The number of unbranched alkanes of at least 4 members (excludes halogenated alkanes) is 1. The van der Waals surface area contributed by atoms with E-state index in [9.17, 15) is 19.5 Å². The number of nitrogens with one attached hydrogen (secondary N) is 1. The highest BCUT2D eigenvalue weighted by Gasteiger charge is 2.51. The maximum Gasteiger partial charge on any atom is 0.408 e. The number of likely N-dealkylation sites (tertiary alicyclic amines) is 1. The van der Waals surface area contributed by atoms with Crippen molar-refractivity contribution in [1.29, 1.82) is 0 Å². The smallest absolute Gasteiger partial charge is 0.408 e. The van der Waals surface area contributed by atoms with Crippen molar-refractivity contribution < 1.29 is 29.0 Å². The molecule has 30 heavy (non-hydrogen) atoms. The molecule has 1 aliphatic carbocycles. The molecule has 1 heterocycles. The number of rotatable bonds is 8. The fourth-order valence-corrected chi connectivity index (χ4v) is 3.91. The number of hydrogen-bond acceptors (Lipinski definition) is 6. The number of amides is 2. The standard InChI is InChI=1S/C22H38N2O6/c1-7-8-11-29-19(27)16-12-15(25)13-24(16)18(26)17(22(5,6)14-9-10-14)23-20(28)30-21(2,3)4/h14-17,25H,7-13H2,1-6H3,(H,23,28)/t15-,16+,17-/m1/s1. The summed E-state index contributed by atoms with van der Waals surface area (Å²) < 4.78 is 10.7. The Balaban J connectivity index is 2.20. The molecule has 0 aromatic carbocycles. The second-order valence-corrected chi connectivity index (χ2v) is 10.1. The van der Waals surface area contributed by atoms with E-state index in [2.05, 4.69) is 5.32 Å². The Kier molecular flexibility index (Phi) is 7.77. The summed E-state index contributed by atoms with van der Waals surface area (Å²) in [6, 6.07) is -1.71. The fourth-order valence-electron chi connectivity index (χ4n) is 3.91. The van der Waals surface area contributed by atoms with Crippen LogP contribution >= 0.6 is 0 Å². The molecular formula is C22H38N2O6. The summed E-state index contributed by atoms with van der Waals surface area (Å²) >= 11 is 0. The first-order valence-electron chi connectivity index (χ1n) is 11.0. The second-order valence-electron chi connectivity index (χ2n) is 10.1. The highest BCUT2D eigenvalue weighted by atomic mass is 16.6. The van der Waals surface area contributed by atoms with Crippen molar-refractivity contribution in [1.82, 2.24) is 10.2 Å². The lowest BCUT2D eigenvalue weighted by molar-refractivity contribution is -0.155. The van der Waals surface area contributed by atoms with Gasteiger partial charge < -0.3 is 24.8 Å². The average molecular weight is 427 g/mol. The summed E-state index contributed by atoms with van der Waals surface area (Å²) in [6.07, 6.45) is 2.27. The van der Waals surface area contributed by atoms with Crippen molar-refractivity contribution in [2.45, 2.75) is 97.4 Å². The van der Waals surface area contributed by atoms with Crippen molar-refractivity contribution in [3.05, 3.63) is 0 Å². The Bertz CT molecular complexity index is 638. The van der Waals surface area contributed by atoms with E-state index in [0.717, 1.165) is 25.7 Å². The zero-order chi connectivity index (χ0) is 22.7. The predicted octanol–water partition coefficient (Wildman–Crippen LogP) is 2.62. The van der Waals surface area contributed by atoms with Crippen molar-refractivity contribution in [2.75, 3.05) is 13.2 Å². The van der Waals surface area contributed by atoms with Crippen molar-refractivity contribution in [3.63, 3.8) is 0 Å². The highest BCUT2D eigenvalue weighted by molar-refractivity contribution is 5.91. The van der Waals surface area contributed by atoms with Gasteiger partial charge in [0.15, 0.2) is 0 Å². The van der Waals surface area contributed by atoms with Crippen LogP contribution in [0.2, 0.25) is 0 Å². The molecule has 2 fully saturated rings. The van der Waals surface area contributed by atoms with Crippen molar-refractivity contribution in [2.24, 2.45) is 11.3 Å². The molecule has 2 N–H and O–H groups in total. The SMILES string of the molecule is CCCCOC(=O)[C@@H]1C[C@@H](O)CN1C(=O)[C@@H](NC(=O)OC(C)(C)C)C(C)(C)C1CC1. The molecule has 0 unspecified atom stereocenters. The van der Waals surface area contributed by atoms with Gasteiger partial charge in [0, 0.05) is 13.0 Å². The van der Waals surface area contributed by atoms with Gasteiger partial charge in [-0.3, -0.25) is 4.79 Å². The van der Waals surface area contributed by atoms with E-state index in [0.29, 0.717) is 5.92 Å². The number of aliphatic hydroxyl groups excluding tert-OH is 1. The lowest BCUT2D eigenvalue weighted by Gasteiger charge is -2.38. The number of carbonyl (C=O) groups excluding carboxylic acids is 3. The molecule has 0 radical (unpaired) electrons. The summed E-state index contributed by atoms with van der Waals surface area (Å²) in [5, 5.41) is 12.9. The summed E-state index contributed by atoms with van der Waals surface area (Å²) in [5.41, 5.74) is -1.21. The van der Waals surface area contributed by atoms with Crippen LogP contribution in [0.1, 0.15) is 73.6 Å². The van der Waals surface area contributed by atoms with Gasteiger partial charge in [-0.25, -0.2) is 9.59 Å². The molecule has 3 atom stereocenters. The third-order valence-corrected chi connectivity index (χ3v) is 5.86. The molecule has 2 amide bonds. The maximum atomic E-state index is 13.6. The van der Waals surface area contributed by atoms with Gasteiger partial charge in [0.05, 0.1) is 12.7 Å². The quantitative estimate of drug-likeness (QED) is 0.457. The van der Waals surface area contributed by atoms with E-state index in [-0.39, 0.29) is 25.5 Å². The van der Waals surface area contributed by atoms with E-state index in [1.165, 1.54) is 4.90 Å². The Morgan fingerprint density at radius 3 is 2.33 bits per heavy atom. The van der Waals surface area contributed by atoms with Crippen LogP contribution in [0, 0.1) is 11.3 Å². The van der Waals surface area contributed by atoms with Gasteiger partial charge in [-0.2, -0.15) is 0 Å². The molecule has 0 aromatic rings. The van der Waals surface area contributed by atoms with Crippen LogP contribution in [0.5, 0.6) is 0 Å². The van der Waals surface area contributed by atoms with Gasteiger partial charge in [0.25, 0.3) is 0 Å². The minimum absolute atomic E-state index is 0.0413. The number of nitrogens with zero attached hydrogens (tertiary/aromatic N) is 1. The zero-order valence-electron chi connectivity index (χ0n) is 19.2. The number of β-amino-alcohol motifs (C(OH)–C–C–N with tert-alkyl or cyclic N) is 1. The van der Waals surface area contributed by atoms with E-state index in [1.54, 1.807) is 20.8 Å². The second kappa shape index (κ2) is 9.54. The molecule has 0 aromatic heterocycles. The van der Waals surface area contributed by atoms with Crippen molar-refractivity contribution in [3.8, 4) is 0 Å². The largest absolute Gasteiger partial charge is 0.464 e. The summed E-state index contributed by atoms with van der Waals surface area (Å²) in [4.78, 5) is 40.0. The molecule has 8 nitrogen and oxygen atoms in total. The first kappa shape index (κ1) is 24.4. The van der Waals surface area contributed by atoms with Crippen LogP contribution in [0.3, 0.4) is 0 Å². The number of ether oxygens (including phenoxy) is 2. The van der Waals surface area contributed by atoms with Gasteiger partial charge in [0.1, 0.15) is 17.7 Å².